The number of nitrogens with zero attached hydrogens (tertiary/aromatic N) is 2. The Labute approximate surface area is 126 Å². The van der Waals surface area contributed by atoms with Gasteiger partial charge in [0.05, 0.1) is 25.3 Å². The molecule has 20 heavy (non-hydrogen) atoms. The molecule has 0 aliphatic rings. The van der Waals surface area contributed by atoms with E-state index in [0.29, 0.717) is 5.56 Å². The highest BCUT2D eigenvalue weighted by molar-refractivity contribution is 5.29. The van der Waals surface area contributed by atoms with Crippen LogP contribution in [-0.2, 0) is 4.74 Å². The number of nitroso groups, excluding NO2 is 1. The van der Waals surface area contributed by atoms with Crippen LogP contribution in [-0.4, -0.2) is 25.2 Å². The number of hydrogen-bond acceptors (Lipinski definition) is 3. The van der Waals surface area contributed by atoms with Crippen molar-refractivity contribution in [2.24, 2.45) is 5.29 Å². The fourth-order valence-corrected chi connectivity index (χ4v) is 1.71. The summed E-state index contributed by atoms with van der Waals surface area (Å²) in [6.07, 6.45) is -0.852. The molecule has 0 amide bonds. The Hall–Kier alpha value is -2.20. The molecule has 0 N–H and O–H groups in total. The van der Waals surface area contributed by atoms with Crippen LogP contribution >= 0.6 is 0 Å². The second kappa shape index (κ2) is 7.40. The quantitative estimate of drug-likeness (QED) is 0.574. The van der Waals surface area contributed by atoms with Crippen LogP contribution in [0.1, 0.15) is 24.1 Å². The minimum atomic E-state index is -0.852. The van der Waals surface area contributed by atoms with E-state index in [1.165, 1.54) is 7.05 Å². The fourth-order valence-electron chi connectivity index (χ4n) is 1.71. The molecular weight excluding hydrogens is 252 g/mol. The molecular formula is C16H18N2O2. The third-order valence-corrected chi connectivity index (χ3v) is 2.72. The summed E-state index contributed by atoms with van der Waals surface area (Å²) < 4.78 is 45.5. The monoisotopic (exact) mass is 275 g/mol. The van der Waals surface area contributed by atoms with Crippen molar-refractivity contribution >= 4 is 0 Å². The van der Waals surface area contributed by atoms with Gasteiger partial charge in [0.2, 0.25) is 0 Å². The van der Waals surface area contributed by atoms with Crippen LogP contribution in [0.15, 0.2) is 65.8 Å². The molecule has 104 valence electrons. The summed E-state index contributed by atoms with van der Waals surface area (Å²) in [7, 11) is 1.50. The molecule has 2 aromatic carbocycles. The van der Waals surface area contributed by atoms with Crippen molar-refractivity contribution in [1.82, 2.24) is 5.01 Å². The molecule has 0 aliphatic carbocycles. The van der Waals surface area contributed by atoms with Crippen LogP contribution in [0.5, 0.6) is 0 Å². The van der Waals surface area contributed by atoms with Crippen LogP contribution in [0.2, 0.25) is 0 Å². The molecule has 0 heterocycles. The van der Waals surface area contributed by atoms with E-state index >= 15 is 0 Å². The van der Waals surface area contributed by atoms with Crippen molar-refractivity contribution in [2.45, 2.75) is 6.10 Å². The van der Waals surface area contributed by atoms with Crippen LogP contribution in [0.25, 0.3) is 0 Å². The SMILES string of the molecule is [2H]c1c([2H])c([2H])c(C(OCCN(C)N=O)c2ccccc2)c([2H])c1[2H]. The van der Waals surface area contributed by atoms with Gasteiger partial charge in [0.1, 0.15) is 6.10 Å². The standard InChI is InChI=1S/C16H18N2O2/c1-18(17-19)12-13-20-16(14-8-4-2-5-9-14)15-10-6-3-7-11-15/h2-11,16H,12-13H2,1H3/i2D,4D,5D,8D,9D. The van der Waals surface area contributed by atoms with Crippen LogP contribution < -0.4 is 0 Å². The molecule has 0 bridgehead atoms. The summed E-state index contributed by atoms with van der Waals surface area (Å²) in [5.41, 5.74) is 0.724. The first-order valence-electron chi connectivity index (χ1n) is 8.66. The smallest absolute Gasteiger partial charge is 0.108 e. The van der Waals surface area contributed by atoms with E-state index in [0.717, 1.165) is 5.01 Å². The lowest BCUT2D eigenvalue weighted by Crippen LogP contribution is -2.19. The largest absolute Gasteiger partial charge is 0.367 e. The molecule has 0 aliphatic heterocycles. The third kappa shape index (κ3) is 3.90. The normalized spacial score (nSPS) is 15.3. The molecule has 1 unspecified atom stereocenters. The van der Waals surface area contributed by atoms with E-state index in [9.17, 15) is 4.91 Å². The predicted molar refractivity (Wildman–Crippen MR) is 79.1 cm³/mol. The molecule has 0 saturated carbocycles. The van der Waals surface area contributed by atoms with Gasteiger partial charge in [-0.05, 0) is 11.1 Å². The predicted octanol–water partition coefficient (Wildman–Crippen LogP) is 3.41. The highest BCUT2D eigenvalue weighted by Gasteiger charge is 2.14. The van der Waals surface area contributed by atoms with Crippen molar-refractivity contribution in [1.29, 1.82) is 0 Å². The Morgan fingerprint density at radius 1 is 1.20 bits per heavy atom. The van der Waals surface area contributed by atoms with Crippen molar-refractivity contribution in [3.8, 4) is 0 Å². The highest BCUT2D eigenvalue weighted by atomic mass is 16.5. The number of ether oxygens (including phenoxy) is 1. The van der Waals surface area contributed by atoms with E-state index < -0.39 is 24.2 Å². The van der Waals surface area contributed by atoms with E-state index in [-0.39, 0.29) is 30.8 Å². The van der Waals surface area contributed by atoms with Gasteiger partial charge in [-0.15, -0.1) is 4.91 Å². The zero-order valence-electron chi connectivity index (χ0n) is 16.1. The summed E-state index contributed by atoms with van der Waals surface area (Å²) in [4.78, 5) is 10.4. The van der Waals surface area contributed by atoms with Crippen molar-refractivity contribution in [3.05, 3.63) is 76.6 Å². The molecule has 4 nitrogen and oxygen atoms in total. The van der Waals surface area contributed by atoms with Gasteiger partial charge in [-0.3, -0.25) is 5.01 Å². The second-order valence-corrected chi connectivity index (χ2v) is 4.16. The lowest BCUT2D eigenvalue weighted by Gasteiger charge is -2.20. The van der Waals surface area contributed by atoms with Crippen LogP contribution in [0.4, 0.5) is 0 Å². The van der Waals surface area contributed by atoms with Gasteiger partial charge in [-0.25, -0.2) is 0 Å². The Morgan fingerprint density at radius 3 is 2.55 bits per heavy atom. The minimum Gasteiger partial charge on any atom is -0.367 e. The third-order valence-electron chi connectivity index (χ3n) is 2.72. The number of rotatable bonds is 7. The zero-order chi connectivity index (χ0) is 18.6. The van der Waals surface area contributed by atoms with E-state index in [1.807, 2.05) is 6.07 Å². The fraction of sp³-hybridized carbons (Fsp3) is 0.250. The average molecular weight is 275 g/mol. The molecule has 0 radical (unpaired) electrons. The topological polar surface area (TPSA) is 41.9 Å². The van der Waals surface area contributed by atoms with Crippen molar-refractivity contribution < 1.29 is 11.6 Å². The second-order valence-electron chi connectivity index (χ2n) is 4.16. The highest BCUT2D eigenvalue weighted by Crippen LogP contribution is 2.25. The number of likely N-dealkylation sites (N-methyl/N-ethyl adjacent to an activating group) is 1. The lowest BCUT2D eigenvalue weighted by molar-refractivity contribution is 0.0650. The van der Waals surface area contributed by atoms with Crippen molar-refractivity contribution in [2.75, 3.05) is 20.2 Å². The Bertz CT molecular complexity index is 729. The van der Waals surface area contributed by atoms with E-state index in [1.54, 1.807) is 24.3 Å². The maximum atomic E-state index is 10.4. The molecule has 4 heteroatoms. The zero-order valence-corrected chi connectivity index (χ0v) is 11.1. The Balaban J connectivity index is 2.48. The van der Waals surface area contributed by atoms with Gasteiger partial charge in [-0.2, -0.15) is 0 Å². The Morgan fingerprint density at radius 2 is 1.90 bits per heavy atom. The molecule has 2 aromatic rings. The lowest BCUT2D eigenvalue weighted by atomic mass is 10.0. The molecule has 2 rings (SSSR count). The average Bonchev–Trinajstić information content (AvgIpc) is 2.64. The molecule has 0 fully saturated rings. The first kappa shape index (κ1) is 8.87. The van der Waals surface area contributed by atoms with Gasteiger partial charge in [0, 0.05) is 7.05 Å². The summed E-state index contributed by atoms with van der Waals surface area (Å²) in [6, 6.07) is 7.01. The van der Waals surface area contributed by atoms with Crippen LogP contribution in [0, 0.1) is 4.91 Å². The van der Waals surface area contributed by atoms with Gasteiger partial charge in [-0.1, -0.05) is 60.5 Å². The summed E-state index contributed by atoms with van der Waals surface area (Å²) in [5.74, 6) is 0. The number of hydrogen-bond donors (Lipinski definition) is 0. The molecule has 0 aromatic heterocycles. The maximum absolute atomic E-state index is 10.4. The van der Waals surface area contributed by atoms with Crippen molar-refractivity contribution in [3.63, 3.8) is 0 Å². The van der Waals surface area contributed by atoms with Gasteiger partial charge >= 0.3 is 0 Å². The molecule has 0 saturated heterocycles. The summed E-state index contributed by atoms with van der Waals surface area (Å²) >= 11 is 0. The van der Waals surface area contributed by atoms with E-state index in [4.69, 9.17) is 11.6 Å². The molecule has 1 atom stereocenters. The van der Waals surface area contributed by atoms with E-state index in [2.05, 4.69) is 5.29 Å². The minimum absolute atomic E-state index is 0.0684. The summed E-state index contributed by atoms with van der Waals surface area (Å²) in [6.45, 7) is 0.315. The number of benzene rings is 2. The Kier molecular flexibility index (Phi) is 3.28. The molecule has 0 spiro atoms. The van der Waals surface area contributed by atoms with Crippen LogP contribution in [0.3, 0.4) is 0 Å². The van der Waals surface area contributed by atoms with Gasteiger partial charge in [0.15, 0.2) is 0 Å². The summed E-state index contributed by atoms with van der Waals surface area (Å²) in [5, 5.41) is 3.91. The first-order chi connectivity index (χ1) is 11.9. The first-order valence-corrected chi connectivity index (χ1v) is 6.16. The maximum Gasteiger partial charge on any atom is 0.108 e. The van der Waals surface area contributed by atoms with Gasteiger partial charge in [0.25, 0.3) is 0 Å². The van der Waals surface area contributed by atoms with Gasteiger partial charge < -0.3 is 4.74 Å².